The summed E-state index contributed by atoms with van der Waals surface area (Å²) in [5, 5.41) is 7.94. The van der Waals surface area contributed by atoms with Crippen molar-refractivity contribution in [1.29, 1.82) is 0 Å². The minimum absolute atomic E-state index is 0.0681. The number of nitrogens with two attached hydrogens (primary N) is 1. The topological polar surface area (TPSA) is 94.0 Å². The molecule has 1 saturated carbocycles. The van der Waals surface area contributed by atoms with Crippen molar-refractivity contribution >= 4 is 22.5 Å². The summed E-state index contributed by atoms with van der Waals surface area (Å²) in [6.07, 6.45) is 9.08. The summed E-state index contributed by atoms with van der Waals surface area (Å²) in [4.78, 5) is 13.2. The van der Waals surface area contributed by atoms with Crippen LogP contribution in [-0.2, 0) is 0 Å². The second kappa shape index (κ2) is 5.47. The third-order valence-electron chi connectivity index (χ3n) is 4.96. The number of aromatic nitrogens is 5. The fraction of sp³-hybridized carbons (Fsp3) is 0.263. The molecule has 0 bridgehead atoms. The van der Waals surface area contributed by atoms with Crippen molar-refractivity contribution in [2.45, 2.75) is 31.3 Å². The summed E-state index contributed by atoms with van der Waals surface area (Å²) in [5.41, 5.74) is 10.9. The van der Waals surface area contributed by atoms with Crippen LogP contribution in [0.15, 0.2) is 49.1 Å². The van der Waals surface area contributed by atoms with Crippen molar-refractivity contribution < 1.29 is 0 Å². The number of anilines is 1. The van der Waals surface area contributed by atoms with Gasteiger partial charge in [0.25, 0.3) is 0 Å². The molecule has 1 fully saturated rings. The van der Waals surface area contributed by atoms with Gasteiger partial charge in [-0.2, -0.15) is 0 Å². The maximum atomic E-state index is 6.07. The van der Waals surface area contributed by atoms with Crippen LogP contribution in [0.25, 0.3) is 27.7 Å². The molecule has 0 spiro atoms. The van der Waals surface area contributed by atoms with Crippen molar-refractivity contribution in [3.05, 3.63) is 49.1 Å². The van der Waals surface area contributed by atoms with Gasteiger partial charge in [-0.3, -0.25) is 9.97 Å². The normalized spacial score (nSPS) is 22.5. The fourth-order valence-electron chi connectivity index (χ4n) is 3.69. The Labute approximate surface area is 150 Å². The average molecular weight is 345 g/mol. The van der Waals surface area contributed by atoms with Gasteiger partial charge in [0, 0.05) is 35.7 Å². The molecule has 1 aliphatic rings. The first-order valence-electron chi connectivity index (χ1n) is 8.68. The van der Waals surface area contributed by atoms with Gasteiger partial charge in [0.15, 0.2) is 0 Å². The SMILES string of the molecule is CC1(N)CC(Nc2ncc3c(-c4ccc5nccnc5c4)ccn3n2)C1. The Morgan fingerprint density at radius 2 is 1.92 bits per heavy atom. The quantitative estimate of drug-likeness (QED) is 0.593. The molecule has 3 aromatic heterocycles. The fourth-order valence-corrected chi connectivity index (χ4v) is 3.69. The highest BCUT2D eigenvalue weighted by atomic mass is 15.3. The maximum absolute atomic E-state index is 6.07. The molecule has 7 nitrogen and oxygen atoms in total. The van der Waals surface area contributed by atoms with E-state index in [-0.39, 0.29) is 5.54 Å². The molecule has 4 aromatic rings. The molecule has 130 valence electrons. The van der Waals surface area contributed by atoms with E-state index in [1.165, 1.54) is 0 Å². The molecule has 26 heavy (non-hydrogen) atoms. The van der Waals surface area contributed by atoms with E-state index in [4.69, 9.17) is 5.73 Å². The third kappa shape index (κ3) is 2.57. The molecule has 3 heterocycles. The number of fused-ring (bicyclic) bond motifs is 2. The monoisotopic (exact) mass is 345 g/mol. The third-order valence-corrected chi connectivity index (χ3v) is 4.96. The first kappa shape index (κ1) is 15.2. The van der Waals surface area contributed by atoms with E-state index in [0.717, 1.165) is 40.5 Å². The van der Waals surface area contributed by atoms with Gasteiger partial charge < -0.3 is 11.1 Å². The highest BCUT2D eigenvalue weighted by Crippen LogP contribution is 2.31. The van der Waals surface area contributed by atoms with Gasteiger partial charge in [-0.05, 0) is 43.5 Å². The highest BCUT2D eigenvalue weighted by Gasteiger charge is 2.37. The van der Waals surface area contributed by atoms with Crippen molar-refractivity contribution in [3.63, 3.8) is 0 Å². The van der Waals surface area contributed by atoms with E-state index in [1.807, 2.05) is 35.1 Å². The number of nitrogens with one attached hydrogen (secondary N) is 1. The second-order valence-electron chi connectivity index (χ2n) is 7.30. The van der Waals surface area contributed by atoms with Gasteiger partial charge in [-0.15, -0.1) is 5.10 Å². The van der Waals surface area contributed by atoms with Gasteiger partial charge >= 0.3 is 0 Å². The largest absolute Gasteiger partial charge is 0.350 e. The Kier molecular flexibility index (Phi) is 3.20. The number of hydrogen-bond acceptors (Lipinski definition) is 6. The minimum Gasteiger partial charge on any atom is -0.350 e. The van der Waals surface area contributed by atoms with Crippen LogP contribution >= 0.6 is 0 Å². The van der Waals surface area contributed by atoms with Crippen LogP contribution in [0.5, 0.6) is 0 Å². The molecule has 0 amide bonds. The minimum atomic E-state index is -0.0681. The van der Waals surface area contributed by atoms with Gasteiger partial charge in [0.2, 0.25) is 5.95 Å². The Morgan fingerprint density at radius 3 is 2.73 bits per heavy atom. The number of hydrogen-bond donors (Lipinski definition) is 2. The number of benzene rings is 1. The first-order valence-corrected chi connectivity index (χ1v) is 8.68. The zero-order chi connectivity index (χ0) is 17.7. The molecule has 0 atom stereocenters. The van der Waals surface area contributed by atoms with Gasteiger partial charge in [0.05, 0.1) is 22.7 Å². The molecular formula is C19H19N7. The number of rotatable bonds is 3. The number of nitrogens with zero attached hydrogens (tertiary/aromatic N) is 5. The lowest BCUT2D eigenvalue weighted by Crippen LogP contribution is -2.54. The van der Waals surface area contributed by atoms with Crippen molar-refractivity contribution in [1.82, 2.24) is 24.6 Å². The Hall–Kier alpha value is -3.06. The smallest absolute Gasteiger partial charge is 0.241 e. The molecule has 3 N–H and O–H groups in total. The van der Waals surface area contributed by atoms with Crippen molar-refractivity contribution in [3.8, 4) is 11.1 Å². The van der Waals surface area contributed by atoms with Crippen LogP contribution < -0.4 is 11.1 Å². The van der Waals surface area contributed by atoms with E-state index in [2.05, 4.69) is 38.4 Å². The van der Waals surface area contributed by atoms with Crippen molar-refractivity contribution in [2.75, 3.05) is 5.32 Å². The summed E-state index contributed by atoms with van der Waals surface area (Å²) >= 11 is 0. The average Bonchev–Trinajstić information content (AvgIpc) is 3.03. The maximum Gasteiger partial charge on any atom is 0.241 e. The van der Waals surface area contributed by atoms with Crippen molar-refractivity contribution in [2.24, 2.45) is 5.73 Å². The molecule has 0 aliphatic heterocycles. The zero-order valence-electron chi connectivity index (χ0n) is 14.4. The second-order valence-corrected chi connectivity index (χ2v) is 7.30. The molecule has 0 radical (unpaired) electrons. The van der Waals surface area contributed by atoms with Crippen LogP contribution in [-0.4, -0.2) is 36.1 Å². The van der Waals surface area contributed by atoms with E-state index in [0.29, 0.717) is 12.0 Å². The molecule has 1 aromatic carbocycles. The van der Waals surface area contributed by atoms with Gasteiger partial charge in [0.1, 0.15) is 0 Å². The Morgan fingerprint density at radius 1 is 1.12 bits per heavy atom. The lowest BCUT2D eigenvalue weighted by molar-refractivity contribution is 0.247. The van der Waals surface area contributed by atoms with Gasteiger partial charge in [-0.1, -0.05) is 6.07 Å². The first-order chi connectivity index (χ1) is 12.6. The Bertz CT molecular complexity index is 1110. The van der Waals surface area contributed by atoms with Crippen LogP contribution in [0.2, 0.25) is 0 Å². The molecule has 5 rings (SSSR count). The highest BCUT2D eigenvalue weighted by molar-refractivity contribution is 5.86. The summed E-state index contributed by atoms with van der Waals surface area (Å²) in [5.74, 6) is 0.629. The zero-order valence-corrected chi connectivity index (χ0v) is 14.4. The predicted octanol–water partition coefficient (Wildman–Crippen LogP) is 2.63. The van der Waals surface area contributed by atoms with E-state index in [1.54, 1.807) is 12.4 Å². The Balaban J connectivity index is 1.47. The van der Waals surface area contributed by atoms with Crippen LogP contribution in [0, 0.1) is 0 Å². The van der Waals surface area contributed by atoms with Gasteiger partial charge in [-0.25, -0.2) is 9.50 Å². The molecule has 0 unspecified atom stereocenters. The van der Waals surface area contributed by atoms with E-state index < -0.39 is 0 Å². The predicted molar refractivity (Wildman–Crippen MR) is 101 cm³/mol. The summed E-state index contributed by atoms with van der Waals surface area (Å²) in [7, 11) is 0. The molecule has 1 aliphatic carbocycles. The molecule has 7 heteroatoms. The summed E-state index contributed by atoms with van der Waals surface area (Å²) in [6.45, 7) is 2.07. The standard InChI is InChI=1S/C19H19N7/c1-19(20)9-13(10-19)24-18-23-11-17-14(4-7-26(17)25-18)12-2-3-15-16(8-12)22-6-5-21-15/h2-8,11,13H,9-10,20H2,1H3,(H,24,25). The van der Waals surface area contributed by atoms with E-state index >= 15 is 0 Å². The summed E-state index contributed by atoms with van der Waals surface area (Å²) in [6, 6.07) is 8.47. The van der Waals surface area contributed by atoms with Crippen LogP contribution in [0.1, 0.15) is 19.8 Å². The molecule has 0 saturated heterocycles. The molecular weight excluding hydrogens is 326 g/mol. The summed E-state index contributed by atoms with van der Waals surface area (Å²) < 4.78 is 1.85. The lowest BCUT2D eigenvalue weighted by Gasteiger charge is -2.42. The lowest BCUT2D eigenvalue weighted by atomic mass is 9.75. The van der Waals surface area contributed by atoms with Crippen LogP contribution in [0.3, 0.4) is 0 Å². The van der Waals surface area contributed by atoms with E-state index in [9.17, 15) is 0 Å². The van der Waals surface area contributed by atoms with Crippen LogP contribution in [0.4, 0.5) is 5.95 Å².